The average molecular weight is 351 g/mol. The van der Waals surface area contributed by atoms with Crippen LogP contribution < -0.4 is 4.98 Å². The third-order valence-corrected chi connectivity index (χ3v) is 8.45. The second kappa shape index (κ2) is 12.1. The average Bonchev–Trinajstić information content (AvgIpc) is 2.43. The Labute approximate surface area is 134 Å². The van der Waals surface area contributed by atoms with Gasteiger partial charge in [-0.2, -0.15) is 0 Å². The van der Waals surface area contributed by atoms with E-state index in [9.17, 15) is 9.59 Å². The molecule has 1 unspecified atom stereocenters. The van der Waals surface area contributed by atoms with Gasteiger partial charge in [0.1, 0.15) is 0 Å². The SMILES string of the molecule is CCO[Si](OCC)(OCC)C(CCN=C=O)[Si]NC(=O)S. The molecule has 7 nitrogen and oxygen atoms in total. The first kappa shape index (κ1) is 20.5. The van der Waals surface area contributed by atoms with Crippen LogP contribution in [0.2, 0.25) is 5.16 Å². The second-order valence-corrected chi connectivity index (χ2v) is 8.78. The van der Waals surface area contributed by atoms with Gasteiger partial charge in [0.15, 0.2) is 9.68 Å². The fourth-order valence-corrected chi connectivity index (χ4v) is 6.74. The Morgan fingerprint density at radius 2 is 1.81 bits per heavy atom. The van der Waals surface area contributed by atoms with Gasteiger partial charge in [-0.1, -0.05) is 12.6 Å². The summed E-state index contributed by atoms with van der Waals surface area (Å²) in [5.74, 6) is 0. The molecule has 0 aliphatic carbocycles. The summed E-state index contributed by atoms with van der Waals surface area (Å²) in [5, 5.41) is -0.602. The molecule has 0 heterocycles. The Balaban J connectivity index is 5.16. The topological polar surface area (TPSA) is 86.2 Å². The Morgan fingerprint density at radius 1 is 1.29 bits per heavy atom. The third-order valence-electron chi connectivity index (χ3n) is 2.41. The first-order chi connectivity index (χ1) is 10.1. The molecule has 21 heavy (non-hydrogen) atoms. The molecule has 0 aromatic heterocycles. The lowest BCUT2D eigenvalue weighted by atomic mass is 10.5. The van der Waals surface area contributed by atoms with Crippen LogP contribution in [0.4, 0.5) is 4.79 Å². The predicted octanol–water partition coefficient (Wildman–Crippen LogP) is 1.35. The number of hydrogen-bond acceptors (Lipinski definition) is 6. The van der Waals surface area contributed by atoms with E-state index in [0.29, 0.717) is 26.2 Å². The fourth-order valence-electron chi connectivity index (χ4n) is 1.76. The van der Waals surface area contributed by atoms with Gasteiger partial charge in [0.05, 0.1) is 6.54 Å². The largest absolute Gasteiger partial charge is 0.502 e. The summed E-state index contributed by atoms with van der Waals surface area (Å²) in [6.07, 6.45) is 2.01. The second-order valence-electron chi connectivity index (χ2n) is 3.79. The van der Waals surface area contributed by atoms with Gasteiger partial charge < -0.3 is 18.3 Å². The zero-order valence-electron chi connectivity index (χ0n) is 12.5. The molecule has 0 aliphatic rings. The number of aliphatic imine (C=N–C) groups is 1. The third kappa shape index (κ3) is 7.91. The molecule has 1 atom stereocenters. The van der Waals surface area contributed by atoms with Crippen molar-refractivity contribution in [3.8, 4) is 0 Å². The number of nitrogens with one attached hydrogen (secondary N) is 1. The van der Waals surface area contributed by atoms with E-state index in [2.05, 4.69) is 22.6 Å². The molecule has 0 aliphatic heterocycles. The number of nitrogens with zero attached hydrogens (tertiary/aromatic N) is 1. The van der Waals surface area contributed by atoms with E-state index in [1.54, 1.807) is 0 Å². The predicted molar refractivity (Wildman–Crippen MR) is 85.3 cm³/mol. The van der Waals surface area contributed by atoms with Crippen LogP contribution in [0, 0.1) is 0 Å². The van der Waals surface area contributed by atoms with E-state index in [1.807, 2.05) is 20.8 Å². The Bertz CT molecular complexity index is 332. The smallest absolute Gasteiger partial charge is 0.374 e. The molecule has 0 rings (SSSR count). The van der Waals surface area contributed by atoms with Crippen molar-refractivity contribution in [1.82, 2.24) is 4.98 Å². The molecular formula is C11H22N2O5SSi2. The van der Waals surface area contributed by atoms with Crippen LogP contribution in [-0.4, -0.2) is 56.2 Å². The molecule has 0 bridgehead atoms. The van der Waals surface area contributed by atoms with E-state index < -0.39 is 14.0 Å². The van der Waals surface area contributed by atoms with Crippen molar-refractivity contribution in [2.75, 3.05) is 26.4 Å². The number of isocyanates is 1. The van der Waals surface area contributed by atoms with Crippen LogP contribution in [0.1, 0.15) is 27.2 Å². The number of thiol groups is 1. The maximum absolute atomic E-state index is 11.0. The molecule has 0 saturated heterocycles. The highest BCUT2D eigenvalue weighted by Crippen LogP contribution is 2.28. The number of hydrogen-bond donors (Lipinski definition) is 2. The molecule has 0 aromatic rings. The molecule has 1 N–H and O–H groups in total. The zero-order valence-corrected chi connectivity index (χ0v) is 15.4. The summed E-state index contributed by atoms with van der Waals surface area (Å²) in [6, 6.07) is 0. The van der Waals surface area contributed by atoms with Crippen molar-refractivity contribution < 1.29 is 22.9 Å². The first-order valence-electron chi connectivity index (χ1n) is 6.76. The Hall–Kier alpha value is -0.486. The van der Waals surface area contributed by atoms with E-state index in [-0.39, 0.29) is 21.4 Å². The van der Waals surface area contributed by atoms with Crippen LogP contribution in [0.15, 0.2) is 4.99 Å². The molecular weight excluding hydrogens is 328 g/mol. The Kier molecular flexibility index (Phi) is 11.8. The van der Waals surface area contributed by atoms with Crippen LogP contribution in [0.3, 0.4) is 0 Å². The lowest BCUT2D eigenvalue weighted by Crippen LogP contribution is -2.54. The highest BCUT2D eigenvalue weighted by Gasteiger charge is 2.49. The van der Waals surface area contributed by atoms with Crippen molar-refractivity contribution >= 4 is 42.4 Å². The van der Waals surface area contributed by atoms with Crippen molar-refractivity contribution in [2.45, 2.75) is 32.4 Å². The summed E-state index contributed by atoms with van der Waals surface area (Å²) in [7, 11) is -2.95. The summed E-state index contributed by atoms with van der Waals surface area (Å²) < 4.78 is 17.5. The van der Waals surface area contributed by atoms with Crippen LogP contribution >= 0.6 is 12.6 Å². The van der Waals surface area contributed by atoms with Gasteiger partial charge in [-0.3, -0.25) is 4.79 Å². The van der Waals surface area contributed by atoms with Crippen LogP contribution in [0.25, 0.3) is 0 Å². The molecule has 0 fully saturated rings. The minimum absolute atomic E-state index is 0.0168. The van der Waals surface area contributed by atoms with E-state index in [4.69, 9.17) is 13.3 Å². The Morgan fingerprint density at radius 3 is 2.19 bits per heavy atom. The maximum Gasteiger partial charge on any atom is 0.502 e. The van der Waals surface area contributed by atoms with Crippen molar-refractivity contribution in [1.29, 1.82) is 0 Å². The van der Waals surface area contributed by atoms with Crippen LogP contribution in [-0.2, 0) is 18.1 Å². The summed E-state index contributed by atoms with van der Waals surface area (Å²) in [5.41, 5.74) is 0. The quantitative estimate of drug-likeness (QED) is 0.240. The van der Waals surface area contributed by atoms with E-state index in [0.717, 1.165) is 0 Å². The molecule has 2 radical (unpaired) electrons. The minimum Gasteiger partial charge on any atom is -0.374 e. The fraction of sp³-hybridized carbons (Fsp3) is 0.818. The highest BCUT2D eigenvalue weighted by atomic mass is 32.1. The summed E-state index contributed by atoms with van der Waals surface area (Å²) in [6.45, 7) is 7.20. The number of carbonyl (C=O) groups excluding carboxylic acids is 2. The van der Waals surface area contributed by atoms with Gasteiger partial charge in [-0.05, 0) is 27.2 Å². The van der Waals surface area contributed by atoms with E-state index in [1.165, 1.54) is 6.08 Å². The van der Waals surface area contributed by atoms with Gasteiger partial charge >= 0.3 is 8.80 Å². The van der Waals surface area contributed by atoms with Crippen LogP contribution in [0.5, 0.6) is 0 Å². The number of amides is 1. The van der Waals surface area contributed by atoms with Crippen molar-refractivity contribution in [3.05, 3.63) is 0 Å². The molecule has 1 amide bonds. The lowest BCUT2D eigenvalue weighted by Gasteiger charge is -2.34. The highest BCUT2D eigenvalue weighted by molar-refractivity contribution is 7.96. The van der Waals surface area contributed by atoms with Gasteiger partial charge in [-0.25, -0.2) is 9.79 Å². The zero-order chi connectivity index (χ0) is 16.1. The van der Waals surface area contributed by atoms with Crippen molar-refractivity contribution in [2.24, 2.45) is 4.99 Å². The summed E-state index contributed by atoms with van der Waals surface area (Å²) in [4.78, 5) is 27.5. The van der Waals surface area contributed by atoms with Crippen molar-refractivity contribution in [3.63, 3.8) is 0 Å². The van der Waals surface area contributed by atoms with Gasteiger partial charge in [-0.15, -0.1) is 0 Å². The summed E-state index contributed by atoms with van der Waals surface area (Å²) >= 11 is 3.70. The molecule has 120 valence electrons. The monoisotopic (exact) mass is 350 g/mol. The normalized spacial score (nSPS) is 12.6. The first-order valence-corrected chi connectivity index (χ1v) is 10.1. The minimum atomic E-state index is -2.97. The molecule has 10 heteroatoms. The number of carbonyl (C=O) groups is 1. The van der Waals surface area contributed by atoms with Gasteiger partial charge in [0, 0.05) is 25.0 Å². The lowest BCUT2D eigenvalue weighted by molar-refractivity contribution is 0.0671. The molecule has 0 spiro atoms. The van der Waals surface area contributed by atoms with Gasteiger partial charge in [0.2, 0.25) is 6.08 Å². The molecule has 0 aromatic carbocycles. The number of rotatable bonds is 12. The van der Waals surface area contributed by atoms with E-state index >= 15 is 0 Å². The van der Waals surface area contributed by atoms with Gasteiger partial charge in [0.25, 0.3) is 5.24 Å². The maximum atomic E-state index is 11.0. The standard InChI is InChI=1S/C11H22N2O5SSi2/c1-4-16-21(17-5-2,18-6-3)10(7-8-12-9-14)20-13-11(15)19/h10H,4-8H2,1-3H3,(H2,13,15,19). The molecule has 0 saturated carbocycles.